The minimum Gasteiger partial charge on any atom is -0.325 e. The van der Waals surface area contributed by atoms with Gasteiger partial charge in [-0.2, -0.15) is 13.2 Å². The molecule has 1 rings (SSSR count). The number of alkyl halides is 3. The Kier molecular flexibility index (Phi) is 4.86. The molecule has 0 unspecified atom stereocenters. The minimum absolute atomic E-state index is 0.218. The molecule has 0 saturated carbocycles. The maximum atomic E-state index is 12.1. The van der Waals surface area contributed by atoms with Crippen LogP contribution in [-0.4, -0.2) is 17.8 Å². The Labute approximate surface area is 102 Å². The summed E-state index contributed by atoms with van der Waals surface area (Å²) in [6.07, 6.45) is -3.93. The Bertz CT molecular complexity index is 393. The fourth-order valence-electron chi connectivity index (χ4n) is 1.09. The molecule has 0 radical (unpaired) electrons. The van der Waals surface area contributed by atoms with E-state index in [9.17, 15) is 18.0 Å². The van der Waals surface area contributed by atoms with Gasteiger partial charge in [-0.1, -0.05) is 19.1 Å². The minimum atomic E-state index is -4.22. The van der Waals surface area contributed by atoms with Crippen molar-refractivity contribution in [3.63, 3.8) is 0 Å². The molecule has 0 fully saturated rings. The van der Waals surface area contributed by atoms with E-state index in [1.54, 1.807) is 31.2 Å². The van der Waals surface area contributed by atoms with Crippen molar-refractivity contribution in [1.29, 1.82) is 0 Å². The molecule has 0 bridgehead atoms. The van der Waals surface area contributed by atoms with E-state index < -0.39 is 11.9 Å². The summed E-state index contributed by atoms with van der Waals surface area (Å²) in [5.41, 5.74) is 0.425. The number of benzene rings is 1. The van der Waals surface area contributed by atoms with Crippen LogP contribution in [0.2, 0.25) is 0 Å². The summed E-state index contributed by atoms with van der Waals surface area (Å²) in [4.78, 5) is 11.6. The van der Waals surface area contributed by atoms with E-state index in [0.29, 0.717) is 22.3 Å². The Morgan fingerprint density at radius 3 is 2.59 bits per heavy atom. The number of halogens is 3. The number of carbonyl (C=O) groups is 1. The standard InChI is InChI=1S/C11H12F3NOS/c1-2-10(16)15-8-5-3-4-6-9(8)17-7-11(12,13)14/h3-6H,2,7H2,1H3,(H,15,16). The zero-order valence-electron chi connectivity index (χ0n) is 9.17. The number of anilines is 1. The number of rotatable bonds is 4. The van der Waals surface area contributed by atoms with E-state index in [-0.39, 0.29) is 12.3 Å². The molecular formula is C11H12F3NOS. The van der Waals surface area contributed by atoms with E-state index >= 15 is 0 Å². The van der Waals surface area contributed by atoms with Crippen molar-refractivity contribution in [2.45, 2.75) is 24.4 Å². The number of nitrogens with one attached hydrogen (secondary N) is 1. The summed E-state index contributed by atoms with van der Waals surface area (Å²) in [5, 5.41) is 2.57. The molecule has 1 aromatic rings. The molecular weight excluding hydrogens is 251 g/mol. The van der Waals surface area contributed by atoms with E-state index in [1.165, 1.54) is 0 Å². The molecule has 0 atom stereocenters. The van der Waals surface area contributed by atoms with Gasteiger partial charge in [0, 0.05) is 11.3 Å². The van der Waals surface area contributed by atoms with E-state index in [4.69, 9.17) is 0 Å². The van der Waals surface area contributed by atoms with Gasteiger partial charge >= 0.3 is 6.18 Å². The number of thioether (sulfide) groups is 1. The zero-order valence-corrected chi connectivity index (χ0v) is 9.99. The van der Waals surface area contributed by atoms with Gasteiger partial charge in [0.05, 0.1) is 11.4 Å². The lowest BCUT2D eigenvalue weighted by atomic mass is 10.3. The summed E-state index contributed by atoms with van der Waals surface area (Å²) < 4.78 is 36.3. The van der Waals surface area contributed by atoms with Crippen LogP contribution in [0.1, 0.15) is 13.3 Å². The van der Waals surface area contributed by atoms with Crippen molar-refractivity contribution in [1.82, 2.24) is 0 Å². The Morgan fingerprint density at radius 2 is 2.00 bits per heavy atom. The molecule has 1 aromatic carbocycles. The first kappa shape index (κ1) is 13.9. The van der Waals surface area contributed by atoms with Gasteiger partial charge in [-0.05, 0) is 12.1 Å². The molecule has 0 saturated heterocycles. The summed E-state index contributed by atoms with van der Waals surface area (Å²) in [5.74, 6) is -1.18. The quantitative estimate of drug-likeness (QED) is 0.839. The van der Waals surface area contributed by atoms with Gasteiger partial charge in [-0.25, -0.2) is 0 Å². The maximum Gasteiger partial charge on any atom is 0.398 e. The third-order valence-corrected chi connectivity index (χ3v) is 3.01. The number of carbonyl (C=O) groups excluding carboxylic acids is 1. The van der Waals surface area contributed by atoms with Gasteiger partial charge in [0.15, 0.2) is 0 Å². The van der Waals surface area contributed by atoms with Gasteiger partial charge < -0.3 is 5.32 Å². The molecule has 2 nitrogen and oxygen atoms in total. The first-order valence-electron chi connectivity index (χ1n) is 5.01. The van der Waals surface area contributed by atoms with Gasteiger partial charge in [0.2, 0.25) is 5.91 Å². The largest absolute Gasteiger partial charge is 0.398 e. The molecule has 0 aliphatic rings. The Balaban J connectivity index is 2.74. The lowest BCUT2D eigenvalue weighted by molar-refractivity contribution is -0.115. The number of para-hydroxylation sites is 1. The normalized spacial score (nSPS) is 11.3. The smallest absolute Gasteiger partial charge is 0.325 e. The third kappa shape index (κ3) is 5.12. The molecule has 0 spiro atoms. The highest BCUT2D eigenvalue weighted by molar-refractivity contribution is 7.99. The van der Waals surface area contributed by atoms with Crippen molar-refractivity contribution < 1.29 is 18.0 Å². The predicted octanol–water partition coefficient (Wildman–Crippen LogP) is 3.69. The van der Waals surface area contributed by atoms with Crippen LogP contribution in [0, 0.1) is 0 Å². The zero-order chi connectivity index (χ0) is 12.9. The first-order valence-corrected chi connectivity index (χ1v) is 5.99. The van der Waals surface area contributed by atoms with Crippen LogP contribution >= 0.6 is 11.8 Å². The van der Waals surface area contributed by atoms with Gasteiger partial charge in [0.25, 0.3) is 0 Å². The second-order valence-electron chi connectivity index (χ2n) is 3.30. The van der Waals surface area contributed by atoms with Crippen LogP contribution in [0.15, 0.2) is 29.2 Å². The monoisotopic (exact) mass is 263 g/mol. The van der Waals surface area contributed by atoms with Crippen LogP contribution in [0.4, 0.5) is 18.9 Å². The molecule has 0 aromatic heterocycles. The summed E-state index contributed by atoms with van der Waals surface area (Å²) >= 11 is 0.667. The predicted molar refractivity (Wildman–Crippen MR) is 62.1 cm³/mol. The lowest BCUT2D eigenvalue weighted by Crippen LogP contribution is -2.12. The van der Waals surface area contributed by atoms with Crippen molar-refractivity contribution in [3.05, 3.63) is 24.3 Å². The van der Waals surface area contributed by atoms with E-state index in [0.717, 1.165) is 0 Å². The van der Waals surface area contributed by atoms with Crippen LogP contribution in [0.25, 0.3) is 0 Å². The van der Waals surface area contributed by atoms with Crippen molar-refractivity contribution in [2.75, 3.05) is 11.1 Å². The fourth-order valence-corrected chi connectivity index (χ4v) is 1.86. The summed E-state index contributed by atoms with van der Waals surface area (Å²) in [6, 6.07) is 6.46. The fraction of sp³-hybridized carbons (Fsp3) is 0.364. The highest BCUT2D eigenvalue weighted by Crippen LogP contribution is 2.32. The molecule has 0 aliphatic carbocycles. The molecule has 94 valence electrons. The first-order chi connectivity index (χ1) is 7.92. The number of amides is 1. The molecule has 0 heterocycles. The van der Waals surface area contributed by atoms with Crippen molar-refractivity contribution in [3.8, 4) is 0 Å². The summed E-state index contributed by atoms with van der Waals surface area (Å²) in [6.45, 7) is 1.68. The lowest BCUT2D eigenvalue weighted by Gasteiger charge is -2.11. The van der Waals surface area contributed by atoms with Crippen molar-refractivity contribution in [2.24, 2.45) is 0 Å². The second kappa shape index (κ2) is 5.95. The Morgan fingerprint density at radius 1 is 1.35 bits per heavy atom. The second-order valence-corrected chi connectivity index (χ2v) is 4.32. The topological polar surface area (TPSA) is 29.1 Å². The Hall–Kier alpha value is -1.17. The molecule has 6 heteroatoms. The number of hydrogen-bond donors (Lipinski definition) is 1. The molecule has 17 heavy (non-hydrogen) atoms. The summed E-state index contributed by atoms with van der Waals surface area (Å²) in [7, 11) is 0. The number of hydrogen-bond acceptors (Lipinski definition) is 2. The highest BCUT2D eigenvalue weighted by atomic mass is 32.2. The molecule has 1 amide bonds. The van der Waals surface area contributed by atoms with Gasteiger partial charge in [0.1, 0.15) is 0 Å². The van der Waals surface area contributed by atoms with E-state index in [2.05, 4.69) is 5.32 Å². The van der Waals surface area contributed by atoms with Gasteiger partial charge in [-0.15, -0.1) is 11.8 Å². The van der Waals surface area contributed by atoms with Crippen LogP contribution in [0.5, 0.6) is 0 Å². The average Bonchev–Trinajstić information content (AvgIpc) is 2.26. The average molecular weight is 263 g/mol. The highest BCUT2D eigenvalue weighted by Gasteiger charge is 2.27. The SMILES string of the molecule is CCC(=O)Nc1ccccc1SCC(F)(F)F. The van der Waals surface area contributed by atoms with Crippen LogP contribution in [-0.2, 0) is 4.79 Å². The molecule has 1 N–H and O–H groups in total. The maximum absolute atomic E-state index is 12.1. The van der Waals surface area contributed by atoms with Gasteiger partial charge in [-0.3, -0.25) is 4.79 Å². The molecule has 0 aliphatic heterocycles. The van der Waals surface area contributed by atoms with E-state index in [1.807, 2.05) is 0 Å². The van der Waals surface area contributed by atoms with Crippen molar-refractivity contribution >= 4 is 23.4 Å². The van der Waals surface area contributed by atoms with Crippen LogP contribution in [0.3, 0.4) is 0 Å². The third-order valence-electron chi connectivity index (χ3n) is 1.87. The van der Waals surface area contributed by atoms with Crippen LogP contribution < -0.4 is 5.32 Å².